The van der Waals surface area contributed by atoms with E-state index in [-0.39, 0.29) is 18.8 Å². The lowest BCUT2D eigenvalue weighted by Gasteiger charge is -2.49. The molecule has 5 unspecified atom stereocenters. The molecule has 0 spiro atoms. The number of hydrogen-bond donors (Lipinski definition) is 2. The van der Waals surface area contributed by atoms with Gasteiger partial charge in [-0.3, -0.25) is 9.59 Å². The first-order valence-electron chi connectivity index (χ1n) is 11.7. The van der Waals surface area contributed by atoms with E-state index in [9.17, 15) is 14.4 Å². The Labute approximate surface area is 185 Å². The Kier molecular flexibility index (Phi) is 9.79. The van der Waals surface area contributed by atoms with Crippen molar-refractivity contribution in [2.45, 2.75) is 72.1 Å². The number of carbonyl (C=O) groups is 3. The van der Waals surface area contributed by atoms with Crippen molar-refractivity contribution in [2.24, 2.45) is 35.5 Å². The SMILES string of the molecule is CCC1CCCC2C(/C=C/C3=CCOC3=O)C(C(C)C)CCC12.O=C(O)CCC(=O)O. The number of rotatable bonds is 7. The highest BCUT2D eigenvalue weighted by molar-refractivity contribution is 5.93. The van der Waals surface area contributed by atoms with Crippen LogP contribution in [0.25, 0.3) is 0 Å². The summed E-state index contributed by atoms with van der Waals surface area (Å²) in [6.45, 7) is 7.55. The van der Waals surface area contributed by atoms with E-state index in [0.717, 1.165) is 35.2 Å². The lowest BCUT2D eigenvalue weighted by atomic mass is 9.56. The van der Waals surface area contributed by atoms with Crippen LogP contribution in [-0.4, -0.2) is 34.7 Å². The minimum absolute atomic E-state index is 0.148. The molecule has 2 saturated carbocycles. The van der Waals surface area contributed by atoms with Gasteiger partial charge in [-0.15, -0.1) is 0 Å². The summed E-state index contributed by atoms with van der Waals surface area (Å²) in [7, 11) is 0. The average molecular weight is 435 g/mol. The summed E-state index contributed by atoms with van der Waals surface area (Å²) < 4.78 is 5.04. The Morgan fingerprint density at radius 2 is 1.77 bits per heavy atom. The monoisotopic (exact) mass is 434 g/mol. The number of aliphatic carboxylic acids is 2. The number of carbonyl (C=O) groups excluding carboxylic acids is 1. The van der Waals surface area contributed by atoms with E-state index in [0.29, 0.717) is 12.5 Å². The minimum atomic E-state index is -1.08. The molecule has 0 aromatic carbocycles. The van der Waals surface area contributed by atoms with Crippen molar-refractivity contribution in [3.63, 3.8) is 0 Å². The summed E-state index contributed by atoms with van der Waals surface area (Å²) in [5.41, 5.74) is 0.762. The molecule has 0 radical (unpaired) electrons. The number of allylic oxidation sites excluding steroid dienone is 1. The topological polar surface area (TPSA) is 101 Å². The highest BCUT2D eigenvalue weighted by Crippen LogP contribution is 2.51. The molecule has 2 fully saturated rings. The van der Waals surface area contributed by atoms with Crippen LogP contribution in [0.4, 0.5) is 0 Å². The fraction of sp³-hybridized carbons (Fsp3) is 0.720. The lowest BCUT2D eigenvalue weighted by molar-refractivity contribution is -0.143. The van der Waals surface area contributed by atoms with Gasteiger partial charge in [-0.05, 0) is 60.8 Å². The van der Waals surface area contributed by atoms with E-state index in [1.54, 1.807) is 0 Å². The molecular formula is C25H38O6. The van der Waals surface area contributed by atoms with Gasteiger partial charge in [0.2, 0.25) is 0 Å². The number of esters is 1. The van der Waals surface area contributed by atoms with Crippen molar-refractivity contribution in [1.29, 1.82) is 0 Å². The smallest absolute Gasteiger partial charge is 0.338 e. The van der Waals surface area contributed by atoms with Crippen molar-refractivity contribution >= 4 is 17.9 Å². The quantitative estimate of drug-likeness (QED) is 0.542. The number of fused-ring (bicyclic) bond motifs is 1. The first-order chi connectivity index (χ1) is 14.7. The van der Waals surface area contributed by atoms with Gasteiger partial charge in [-0.1, -0.05) is 52.2 Å². The third-order valence-electron chi connectivity index (χ3n) is 7.27. The summed E-state index contributed by atoms with van der Waals surface area (Å²) in [5, 5.41) is 15.8. The zero-order valence-corrected chi connectivity index (χ0v) is 19.1. The molecule has 0 amide bonds. The largest absolute Gasteiger partial charge is 0.481 e. The Hall–Kier alpha value is -2.11. The molecular weight excluding hydrogens is 396 g/mol. The van der Waals surface area contributed by atoms with Gasteiger partial charge in [-0.2, -0.15) is 0 Å². The fourth-order valence-corrected chi connectivity index (χ4v) is 5.72. The van der Waals surface area contributed by atoms with Gasteiger partial charge in [0.25, 0.3) is 0 Å². The molecule has 5 atom stereocenters. The molecule has 0 aromatic rings. The van der Waals surface area contributed by atoms with Crippen molar-refractivity contribution in [1.82, 2.24) is 0 Å². The van der Waals surface area contributed by atoms with Crippen LogP contribution in [-0.2, 0) is 19.1 Å². The first kappa shape index (κ1) is 25.2. The number of carboxylic acids is 2. The van der Waals surface area contributed by atoms with Gasteiger partial charge >= 0.3 is 17.9 Å². The van der Waals surface area contributed by atoms with Crippen LogP contribution in [0, 0.1) is 35.5 Å². The molecule has 0 aromatic heterocycles. The van der Waals surface area contributed by atoms with Crippen molar-refractivity contribution < 1.29 is 29.3 Å². The second kappa shape index (κ2) is 12.1. The molecule has 0 saturated heterocycles. The maximum Gasteiger partial charge on any atom is 0.338 e. The molecule has 31 heavy (non-hydrogen) atoms. The van der Waals surface area contributed by atoms with Gasteiger partial charge in [0.1, 0.15) is 6.61 Å². The molecule has 174 valence electrons. The molecule has 2 aliphatic carbocycles. The number of carboxylic acid groups (broad SMARTS) is 2. The Bertz CT molecular complexity index is 678. The van der Waals surface area contributed by atoms with Crippen LogP contribution in [0.1, 0.15) is 72.1 Å². The summed E-state index contributed by atoms with van der Waals surface area (Å²) in [4.78, 5) is 31.0. The van der Waals surface area contributed by atoms with E-state index in [2.05, 4.69) is 32.9 Å². The standard InChI is InChI=1S/C21H32O2.C4H6O4/c1-4-15-6-5-7-19-18(15)11-10-17(14(2)3)20(19)9-8-16-12-13-23-21(16)22;5-3(6)1-2-4(7)8/h8-9,12,14-15,17-20H,4-7,10-11,13H2,1-3H3;1-2H2,(H,5,6)(H,7,8)/b9-8+;. The highest BCUT2D eigenvalue weighted by atomic mass is 16.5. The highest BCUT2D eigenvalue weighted by Gasteiger charge is 2.43. The predicted molar refractivity (Wildman–Crippen MR) is 118 cm³/mol. The first-order valence-corrected chi connectivity index (χ1v) is 11.7. The maximum atomic E-state index is 11.7. The second-order valence-electron chi connectivity index (χ2n) is 9.39. The second-order valence-corrected chi connectivity index (χ2v) is 9.39. The predicted octanol–water partition coefficient (Wildman–Crippen LogP) is 5.09. The molecule has 2 N–H and O–H groups in total. The zero-order chi connectivity index (χ0) is 23.0. The molecule has 6 nitrogen and oxygen atoms in total. The number of ether oxygens (including phenoxy) is 1. The van der Waals surface area contributed by atoms with Crippen molar-refractivity contribution in [3.05, 3.63) is 23.8 Å². The van der Waals surface area contributed by atoms with Gasteiger partial charge < -0.3 is 14.9 Å². The number of cyclic esters (lactones) is 1. The van der Waals surface area contributed by atoms with Crippen LogP contribution < -0.4 is 0 Å². The van der Waals surface area contributed by atoms with Crippen LogP contribution in [0.3, 0.4) is 0 Å². The third kappa shape index (κ3) is 7.22. The lowest BCUT2D eigenvalue weighted by Crippen LogP contribution is -2.41. The molecule has 3 aliphatic rings. The fourth-order valence-electron chi connectivity index (χ4n) is 5.72. The molecule has 3 rings (SSSR count). The van der Waals surface area contributed by atoms with Crippen LogP contribution >= 0.6 is 0 Å². The Morgan fingerprint density at radius 1 is 1.10 bits per heavy atom. The number of hydrogen-bond acceptors (Lipinski definition) is 4. The Balaban J connectivity index is 0.000000366. The summed E-state index contributed by atoms with van der Waals surface area (Å²) in [6.07, 6.45) is 14.1. The van der Waals surface area contributed by atoms with E-state index in [4.69, 9.17) is 14.9 Å². The van der Waals surface area contributed by atoms with E-state index in [1.807, 2.05) is 6.08 Å². The van der Waals surface area contributed by atoms with Crippen molar-refractivity contribution in [3.8, 4) is 0 Å². The third-order valence-corrected chi connectivity index (χ3v) is 7.27. The zero-order valence-electron chi connectivity index (χ0n) is 19.1. The van der Waals surface area contributed by atoms with Gasteiger partial charge in [0.05, 0.1) is 18.4 Å². The molecule has 0 bridgehead atoms. The normalized spacial score (nSPS) is 30.3. The summed E-state index contributed by atoms with van der Waals surface area (Å²) >= 11 is 0. The summed E-state index contributed by atoms with van der Waals surface area (Å²) in [5.74, 6) is 2.47. The molecule has 6 heteroatoms. The van der Waals surface area contributed by atoms with Crippen LogP contribution in [0.2, 0.25) is 0 Å². The molecule has 1 heterocycles. The van der Waals surface area contributed by atoms with E-state index < -0.39 is 11.9 Å². The van der Waals surface area contributed by atoms with E-state index in [1.165, 1.54) is 38.5 Å². The Morgan fingerprint density at radius 3 is 2.29 bits per heavy atom. The summed E-state index contributed by atoms with van der Waals surface area (Å²) in [6, 6.07) is 0. The molecule has 1 aliphatic heterocycles. The van der Waals surface area contributed by atoms with Gasteiger partial charge in [0, 0.05) is 0 Å². The van der Waals surface area contributed by atoms with Crippen LogP contribution in [0.15, 0.2) is 23.8 Å². The minimum Gasteiger partial charge on any atom is -0.481 e. The maximum absolute atomic E-state index is 11.7. The van der Waals surface area contributed by atoms with E-state index >= 15 is 0 Å². The van der Waals surface area contributed by atoms with Crippen LogP contribution in [0.5, 0.6) is 0 Å². The van der Waals surface area contributed by atoms with Gasteiger partial charge in [-0.25, -0.2) is 4.79 Å². The average Bonchev–Trinajstić information content (AvgIpc) is 3.14. The van der Waals surface area contributed by atoms with Gasteiger partial charge in [0.15, 0.2) is 0 Å². The van der Waals surface area contributed by atoms with Crippen molar-refractivity contribution in [2.75, 3.05) is 6.61 Å².